The molecular formula is C23H26N4O4. The van der Waals surface area contributed by atoms with Crippen molar-refractivity contribution in [2.24, 2.45) is 0 Å². The lowest BCUT2D eigenvalue weighted by atomic mass is 10.1. The lowest BCUT2D eigenvalue weighted by Crippen LogP contribution is -2.56. The van der Waals surface area contributed by atoms with Crippen LogP contribution in [0.3, 0.4) is 0 Å². The summed E-state index contributed by atoms with van der Waals surface area (Å²) in [7, 11) is 0. The standard InChI is InChI=1S/C23H26N4O4/c1-3-12-24-22(29)20-13-26(18-10-6-7-11-19(18)31-20)15(2)23(30)27-14-21(28)25-16-8-4-5-9-17(16)27/h4-11,15,20H,3,12-14H2,1-2H3,(H,24,29)(H,25,28)/t15-,20-/m0/s1. The number of ether oxygens (including phenoxy) is 1. The van der Waals surface area contributed by atoms with Crippen molar-refractivity contribution in [2.45, 2.75) is 32.4 Å². The topological polar surface area (TPSA) is 91.0 Å². The summed E-state index contributed by atoms with van der Waals surface area (Å²) in [5.41, 5.74) is 2.02. The van der Waals surface area contributed by atoms with Crippen LogP contribution in [-0.2, 0) is 14.4 Å². The summed E-state index contributed by atoms with van der Waals surface area (Å²) in [6, 6.07) is 14.0. The molecule has 0 unspecified atom stereocenters. The normalized spacial score (nSPS) is 18.3. The van der Waals surface area contributed by atoms with E-state index in [1.807, 2.05) is 48.2 Å². The number of amides is 3. The van der Waals surface area contributed by atoms with Gasteiger partial charge in [0.05, 0.1) is 23.6 Å². The van der Waals surface area contributed by atoms with Crippen molar-refractivity contribution in [1.29, 1.82) is 0 Å². The molecule has 162 valence electrons. The SMILES string of the molecule is CCCNC(=O)[C@@H]1CN([C@@H](C)C(=O)N2CC(=O)Nc3ccccc32)c2ccccc2O1. The molecule has 2 aromatic rings. The number of benzene rings is 2. The molecule has 2 aliphatic rings. The number of hydrogen-bond acceptors (Lipinski definition) is 5. The summed E-state index contributed by atoms with van der Waals surface area (Å²) in [5.74, 6) is -0.101. The van der Waals surface area contributed by atoms with Crippen molar-refractivity contribution in [1.82, 2.24) is 5.32 Å². The van der Waals surface area contributed by atoms with Gasteiger partial charge in [0.25, 0.3) is 5.91 Å². The fourth-order valence-corrected chi connectivity index (χ4v) is 3.92. The van der Waals surface area contributed by atoms with Crippen LogP contribution >= 0.6 is 0 Å². The van der Waals surface area contributed by atoms with Crippen molar-refractivity contribution >= 4 is 34.8 Å². The van der Waals surface area contributed by atoms with Gasteiger partial charge in [-0.05, 0) is 37.6 Å². The number of rotatable bonds is 5. The van der Waals surface area contributed by atoms with Crippen LogP contribution in [0.25, 0.3) is 0 Å². The number of carbonyl (C=O) groups excluding carboxylic acids is 3. The highest BCUT2D eigenvalue weighted by Gasteiger charge is 2.38. The van der Waals surface area contributed by atoms with Crippen molar-refractivity contribution in [3.63, 3.8) is 0 Å². The maximum atomic E-state index is 13.5. The molecule has 3 amide bonds. The van der Waals surface area contributed by atoms with Crippen LogP contribution in [0.4, 0.5) is 17.1 Å². The number of para-hydroxylation sites is 4. The molecule has 0 bridgehead atoms. The van der Waals surface area contributed by atoms with Crippen molar-refractivity contribution in [2.75, 3.05) is 34.8 Å². The third kappa shape index (κ3) is 4.05. The zero-order valence-corrected chi connectivity index (χ0v) is 17.6. The average Bonchev–Trinajstić information content (AvgIpc) is 2.80. The van der Waals surface area contributed by atoms with Gasteiger partial charge in [0.15, 0.2) is 6.10 Å². The van der Waals surface area contributed by atoms with Gasteiger partial charge >= 0.3 is 0 Å². The third-order valence-electron chi connectivity index (χ3n) is 5.51. The minimum atomic E-state index is -0.728. The van der Waals surface area contributed by atoms with Crippen LogP contribution in [0.2, 0.25) is 0 Å². The molecule has 0 fully saturated rings. The summed E-state index contributed by atoms with van der Waals surface area (Å²) < 4.78 is 5.93. The van der Waals surface area contributed by atoms with Crippen LogP contribution in [-0.4, -0.2) is 49.5 Å². The maximum absolute atomic E-state index is 13.5. The number of fused-ring (bicyclic) bond motifs is 2. The van der Waals surface area contributed by atoms with E-state index in [2.05, 4.69) is 10.6 Å². The number of anilines is 3. The van der Waals surface area contributed by atoms with E-state index >= 15 is 0 Å². The molecule has 2 atom stereocenters. The summed E-state index contributed by atoms with van der Waals surface area (Å²) >= 11 is 0. The molecule has 8 nitrogen and oxygen atoms in total. The van der Waals surface area contributed by atoms with Crippen LogP contribution < -0.4 is 25.2 Å². The van der Waals surface area contributed by atoms with E-state index in [0.29, 0.717) is 23.7 Å². The molecule has 0 radical (unpaired) electrons. The van der Waals surface area contributed by atoms with Gasteiger partial charge in [-0.25, -0.2) is 0 Å². The molecule has 0 saturated heterocycles. The molecule has 2 aromatic carbocycles. The van der Waals surface area contributed by atoms with Crippen LogP contribution in [0.1, 0.15) is 20.3 Å². The highest BCUT2D eigenvalue weighted by atomic mass is 16.5. The predicted octanol–water partition coefficient (Wildman–Crippen LogP) is 2.15. The minimum absolute atomic E-state index is 0.0490. The van der Waals surface area contributed by atoms with E-state index in [9.17, 15) is 14.4 Å². The van der Waals surface area contributed by atoms with Gasteiger partial charge in [-0.2, -0.15) is 0 Å². The molecular weight excluding hydrogens is 396 g/mol. The Morgan fingerprint density at radius 3 is 2.65 bits per heavy atom. The zero-order chi connectivity index (χ0) is 22.0. The lowest BCUT2D eigenvalue weighted by molar-refractivity contribution is -0.128. The number of nitrogens with zero attached hydrogens (tertiary/aromatic N) is 2. The first-order chi connectivity index (χ1) is 15.0. The van der Waals surface area contributed by atoms with Crippen LogP contribution in [0.5, 0.6) is 5.75 Å². The number of carbonyl (C=O) groups is 3. The first-order valence-corrected chi connectivity index (χ1v) is 10.5. The highest BCUT2D eigenvalue weighted by molar-refractivity contribution is 6.11. The Morgan fingerprint density at radius 1 is 1.16 bits per heavy atom. The lowest BCUT2D eigenvalue weighted by Gasteiger charge is -2.40. The number of hydrogen-bond donors (Lipinski definition) is 2. The first kappa shape index (κ1) is 20.7. The van der Waals surface area contributed by atoms with E-state index in [1.54, 1.807) is 19.1 Å². The Hall–Kier alpha value is -3.55. The smallest absolute Gasteiger partial charge is 0.262 e. The van der Waals surface area contributed by atoms with E-state index in [1.165, 1.54) is 4.90 Å². The van der Waals surface area contributed by atoms with Gasteiger partial charge in [-0.1, -0.05) is 31.2 Å². The Labute approximate surface area is 181 Å². The summed E-state index contributed by atoms with van der Waals surface area (Å²) in [6.45, 7) is 4.53. The van der Waals surface area contributed by atoms with Crippen molar-refractivity contribution in [3.05, 3.63) is 48.5 Å². The van der Waals surface area contributed by atoms with Gasteiger partial charge < -0.3 is 20.3 Å². The second-order valence-corrected chi connectivity index (χ2v) is 7.68. The zero-order valence-electron chi connectivity index (χ0n) is 17.6. The Balaban J connectivity index is 1.62. The van der Waals surface area contributed by atoms with E-state index in [4.69, 9.17) is 4.74 Å². The van der Waals surface area contributed by atoms with Crippen molar-refractivity contribution in [3.8, 4) is 5.75 Å². The van der Waals surface area contributed by atoms with E-state index in [-0.39, 0.29) is 30.8 Å². The van der Waals surface area contributed by atoms with Crippen LogP contribution in [0.15, 0.2) is 48.5 Å². The van der Waals surface area contributed by atoms with Gasteiger partial charge in [0, 0.05) is 6.54 Å². The molecule has 2 aliphatic heterocycles. The highest BCUT2D eigenvalue weighted by Crippen LogP contribution is 2.36. The molecule has 2 heterocycles. The second kappa shape index (κ2) is 8.67. The molecule has 8 heteroatoms. The molecule has 0 aromatic heterocycles. The second-order valence-electron chi connectivity index (χ2n) is 7.68. The van der Waals surface area contributed by atoms with Gasteiger partial charge in [0.1, 0.15) is 18.3 Å². The summed E-state index contributed by atoms with van der Waals surface area (Å²) in [5, 5.41) is 5.67. The van der Waals surface area contributed by atoms with E-state index in [0.717, 1.165) is 12.1 Å². The monoisotopic (exact) mass is 422 g/mol. The third-order valence-corrected chi connectivity index (χ3v) is 5.51. The Morgan fingerprint density at radius 2 is 1.87 bits per heavy atom. The molecule has 2 N–H and O–H groups in total. The molecule has 0 spiro atoms. The quantitative estimate of drug-likeness (QED) is 0.771. The van der Waals surface area contributed by atoms with E-state index < -0.39 is 12.1 Å². The molecule has 0 saturated carbocycles. The Kier molecular flexibility index (Phi) is 5.79. The van der Waals surface area contributed by atoms with Gasteiger partial charge in [0.2, 0.25) is 11.8 Å². The van der Waals surface area contributed by atoms with Crippen LogP contribution in [0, 0.1) is 0 Å². The maximum Gasteiger partial charge on any atom is 0.262 e. The first-order valence-electron chi connectivity index (χ1n) is 10.5. The largest absolute Gasteiger partial charge is 0.477 e. The van der Waals surface area contributed by atoms with Gasteiger partial charge in [-0.3, -0.25) is 19.3 Å². The summed E-state index contributed by atoms with van der Waals surface area (Å²) in [4.78, 5) is 41.7. The molecule has 31 heavy (non-hydrogen) atoms. The number of nitrogens with one attached hydrogen (secondary N) is 2. The average molecular weight is 422 g/mol. The molecule has 0 aliphatic carbocycles. The fourth-order valence-electron chi connectivity index (χ4n) is 3.92. The van der Waals surface area contributed by atoms with Gasteiger partial charge in [-0.15, -0.1) is 0 Å². The Bertz CT molecular complexity index is 1010. The van der Waals surface area contributed by atoms with Crippen molar-refractivity contribution < 1.29 is 19.1 Å². The molecule has 4 rings (SSSR count). The fraction of sp³-hybridized carbons (Fsp3) is 0.348. The predicted molar refractivity (Wildman–Crippen MR) is 118 cm³/mol. The minimum Gasteiger partial charge on any atom is -0.477 e. The summed E-state index contributed by atoms with van der Waals surface area (Å²) in [6.07, 6.45) is 0.0954.